The minimum Gasteiger partial charge on any atom is -0.493 e. The Morgan fingerprint density at radius 2 is 1.67 bits per heavy atom. The Bertz CT molecular complexity index is 864. The molecule has 3 rings (SSSR count). The van der Waals surface area contributed by atoms with Crippen LogP contribution in [0.25, 0.3) is 0 Å². The summed E-state index contributed by atoms with van der Waals surface area (Å²) in [6.45, 7) is 3.91. The summed E-state index contributed by atoms with van der Waals surface area (Å²) in [6, 6.07) is 11.5. The van der Waals surface area contributed by atoms with Gasteiger partial charge in [0.2, 0.25) is 5.75 Å². The summed E-state index contributed by atoms with van der Waals surface area (Å²) in [5.74, 6) is 2.07. The third-order valence-electron chi connectivity index (χ3n) is 5.21. The van der Waals surface area contributed by atoms with E-state index in [1.165, 1.54) is 0 Å². The van der Waals surface area contributed by atoms with Gasteiger partial charge in [-0.3, -0.25) is 10.2 Å². The van der Waals surface area contributed by atoms with Gasteiger partial charge in [-0.15, -0.1) is 0 Å². The van der Waals surface area contributed by atoms with E-state index < -0.39 is 0 Å². The van der Waals surface area contributed by atoms with E-state index in [-0.39, 0.29) is 30.6 Å². The quantitative estimate of drug-likeness (QED) is 0.608. The molecule has 1 saturated heterocycles. The normalized spacial score (nSPS) is 20.5. The molecule has 0 bridgehead atoms. The number of carbonyl (C=O) groups excluding carboxylic acids is 1. The highest BCUT2D eigenvalue weighted by molar-refractivity contribution is 5.78. The molecule has 8 heteroatoms. The Hall–Kier alpha value is -2.97. The molecule has 1 amide bonds. The van der Waals surface area contributed by atoms with Crippen LogP contribution in [0.4, 0.5) is 0 Å². The van der Waals surface area contributed by atoms with E-state index in [4.69, 9.17) is 18.9 Å². The maximum Gasteiger partial charge on any atom is 0.259 e. The molecule has 0 saturated carbocycles. The average Bonchev–Trinajstić information content (AvgIpc) is 3.11. The van der Waals surface area contributed by atoms with E-state index >= 15 is 0 Å². The van der Waals surface area contributed by atoms with Crippen LogP contribution in [0.3, 0.4) is 0 Å². The largest absolute Gasteiger partial charge is 0.493 e. The Labute approximate surface area is 176 Å². The van der Waals surface area contributed by atoms with Gasteiger partial charge in [-0.05, 0) is 43.2 Å². The van der Waals surface area contributed by atoms with E-state index in [0.717, 1.165) is 11.1 Å². The summed E-state index contributed by atoms with van der Waals surface area (Å²) in [7, 11) is 4.73. The Kier molecular flexibility index (Phi) is 7.02. The van der Waals surface area contributed by atoms with Gasteiger partial charge in [0.25, 0.3) is 5.91 Å². The van der Waals surface area contributed by atoms with E-state index in [2.05, 4.69) is 16.2 Å². The van der Waals surface area contributed by atoms with Crippen molar-refractivity contribution in [1.29, 1.82) is 0 Å². The lowest BCUT2D eigenvalue weighted by Crippen LogP contribution is -2.47. The lowest BCUT2D eigenvalue weighted by Gasteiger charge is -2.24. The molecule has 3 atom stereocenters. The number of aryl methyl sites for hydroxylation is 1. The fourth-order valence-corrected chi connectivity index (χ4v) is 3.67. The average molecular weight is 415 g/mol. The van der Waals surface area contributed by atoms with E-state index in [1.54, 1.807) is 21.3 Å². The number of hydrazine groups is 1. The molecule has 2 aromatic carbocycles. The van der Waals surface area contributed by atoms with Crippen LogP contribution in [0, 0.1) is 6.92 Å². The third-order valence-corrected chi connectivity index (χ3v) is 5.21. The number of hydrogen-bond donors (Lipinski definition) is 3. The molecule has 1 aliphatic rings. The summed E-state index contributed by atoms with van der Waals surface area (Å²) >= 11 is 0. The van der Waals surface area contributed by atoms with Crippen LogP contribution in [0.2, 0.25) is 0 Å². The number of amides is 1. The number of rotatable bonds is 8. The first kappa shape index (κ1) is 21.7. The highest BCUT2D eigenvalue weighted by Crippen LogP contribution is 2.41. The number of ether oxygens (including phenoxy) is 4. The molecular formula is C22H29N3O5. The maximum absolute atomic E-state index is 12.5. The monoisotopic (exact) mass is 415 g/mol. The van der Waals surface area contributed by atoms with Gasteiger partial charge in [0.15, 0.2) is 18.1 Å². The SMILES string of the molecule is COc1cc(C2C(C)NNC2NC(=O)COc2ccccc2C)cc(OC)c1OC. The highest BCUT2D eigenvalue weighted by atomic mass is 16.5. The van der Waals surface area contributed by atoms with Gasteiger partial charge in [0.1, 0.15) is 11.9 Å². The second kappa shape index (κ2) is 9.69. The van der Waals surface area contributed by atoms with Gasteiger partial charge in [0, 0.05) is 12.0 Å². The van der Waals surface area contributed by atoms with Crippen molar-refractivity contribution < 1.29 is 23.7 Å². The summed E-state index contributed by atoms with van der Waals surface area (Å²) in [5, 5.41) is 3.00. The molecule has 1 heterocycles. The number of benzene rings is 2. The van der Waals surface area contributed by atoms with Crippen molar-refractivity contribution >= 4 is 5.91 Å². The zero-order valence-corrected chi connectivity index (χ0v) is 17.9. The van der Waals surface area contributed by atoms with Gasteiger partial charge < -0.3 is 24.3 Å². The molecule has 0 radical (unpaired) electrons. The predicted molar refractivity (Wildman–Crippen MR) is 113 cm³/mol. The van der Waals surface area contributed by atoms with Gasteiger partial charge in [-0.1, -0.05) is 18.2 Å². The summed E-state index contributed by atoms with van der Waals surface area (Å²) in [4.78, 5) is 12.5. The second-order valence-electron chi connectivity index (χ2n) is 7.16. The molecule has 162 valence electrons. The number of hydrogen-bond acceptors (Lipinski definition) is 7. The van der Waals surface area contributed by atoms with Crippen LogP contribution in [0.5, 0.6) is 23.0 Å². The Balaban J connectivity index is 1.75. The Morgan fingerprint density at radius 3 is 2.27 bits per heavy atom. The van der Waals surface area contributed by atoms with Crippen LogP contribution < -0.4 is 35.1 Å². The van der Waals surface area contributed by atoms with Crippen LogP contribution in [-0.4, -0.2) is 46.1 Å². The molecule has 8 nitrogen and oxygen atoms in total. The topological polar surface area (TPSA) is 90.1 Å². The smallest absolute Gasteiger partial charge is 0.259 e. The van der Waals surface area contributed by atoms with Crippen molar-refractivity contribution in [2.75, 3.05) is 27.9 Å². The summed E-state index contributed by atoms with van der Waals surface area (Å²) < 4.78 is 22.0. The standard InChI is InChI=1S/C22H29N3O5/c1-13-8-6-7-9-16(13)30-12-19(26)23-22-20(14(2)24-25-22)15-10-17(27-3)21(29-5)18(11-15)28-4/h6-11,14,20,22,24-25H,12H2,1-5H3,(H,23,26). The maximum atomic E-state index is 12.5. The zero-order chi connectivity index (χ0) is 21.7. The molecule has 3 N–H and O–H groups in total. The Morgan fingerprint density at radius 1 is 1.00 bits per heavy atom. The third kappa shape index (κ3) is 4.60. The predicted octanol–water partition coefficient (Wildman–Crippen LogP) is 2.12. The minimum atomic E-state index is -0.337. The minimum absolute atomic E-state index is 0.0513. The first-order chi connectivity index (χ1) is 14.5. The molecular weight excluding hydrogens is 386 g/mol. The molecule has 1 fully saturated rings. The van der Waals surface area contributed by atoms with Gasteiger partial charge >= 0.3 is 0 Å². The molecule has 30 heavy (non-hydrogen) atoms. The second-order valence-corrected chi connectivity index (χ2v) is 7.16. The van der Waals surface area contributed by atoms with Crippen molar-refractivity contribution in [3.8, 4) is 23.0 Å². The van der Waals surface area contributed by atoms with Gasteiger partial charge in [0.05, 0.1) is 21.3 Å². The van der Waals surface area contributed by atoms with Crippen molar-refractivity contribution in [3.63, 3.8) is 0 Å². The van der Waals surface area contributed by atoms with E-state index in [1.807, 2.05) is 50.2 Å². The fraction of sp³-hybridized carbons (Fsp3) is 0.409. The van der Waals surface area contributed by atoms with Crippen molar-refractivity contribution in [2.45, 2.75) is 32.0 Å². The molecule has 0 aromatic heterocycles. The number of carbonyl (C=O) groups is 1. The van der Waals surface area contributed by atoms with E-state index in [9.17, 15) is 4.79 Å². The van der Waals surface area contributed by atoms with Crippen molar-refractivity contribution in [3.05, 3.63) is 47.5 Å². The highest BCUT2D eigenvalue weighted by Gasteiger charge is 2.36. The van der Waals surface area contributed by atoms with E-state index in [0.29, 0.717) is 23.0 Å². The lowest BCUT2D eigenvalue weighted by molar-refractivity contribution is -0.124. The lowest BCUT2D eigenvalue weighted by atomic mass is 9.90. The molecule has 1 aliphatic heterocycles. The number of methoxy groups -OCH3 is 3. The van der Waals surface area contributed by atoms with Gasteiger partial charge in [-0.25, -0.2) is 5.43 Å². The fourth-order valence-electron chi connectivity index (χ4n) is 3.67. The first-order valence-electron chi connectivity index (χ1n) is 9.77. The van der Waals surface area contributed by atoms with Crippen LogP contribution in [0.1, 0.15) is 24.0 Å². The van der Waals surface area contributed by atoms with Crippen LogP contribution >= 0.6 is 0 Å². The zero-order valence-electron chi connectivity index (χ0n) is 17.9. The summed E-state index contributed by atoms with van der Waals surface area (Å²) in [6.07, 6.45) is -0.337. The first-order valence-corrected chi connectivity index (χ1v) is 9.77. The number of para-hydroxylation sites is 1. The van der Waals surface area contributed by atoms with Gasteiger partial charge in [-0.2, -0.15) is 0 Å². The van der Waals surface area contributed by atoms with Crippen LogP contribution in [-0.2, 0) is 4.79 Å². The van der Waals surface area contributed by atoms with Crippen LogP contribution in [0.15, 0.2) is 36.4 Å². The molecule has 3 unspecified atom stereocenters. The summed E-state index contributed by atoms with van der Waals surface area (Å²) in [5.41, 5.74) is 8.27. The van der Waals surface area contributed by atoms with Crippen molar-refractivity contribution in [1.82, 2.24) is 16.2 Å². The molecule has 2 aromatic rings. The molecule has 0 spiro atoms. The van der Waals surface area contributed by atoms with Crippen molar-refractivity contribution in [2.24, 2.45) is 0 Å². The molecule has 0 aliphatic carbocycles. The number of nitrogens with one attached hydrogen (secondary N) is 3.